The SMILES string of the molecule is COc1c(Nc2cc(NC(=O)C3CC3)nnc2C(N)=O)cccc1-c1cnn(C2CCCC2)c1. The summed E-state index contributed by atoms with van der Waals surface area (Å²) in [6, 6.07) is 7.67. The molecular weight excluding hydrogens is 434 g/mol. The summed E-state index contributed by atoms with van der Waals surface area (Å²) in [4.78, 5) is 24.1. The second kappa shape index (κ2) is 9.12. The van der Waals surface area contributed by atoms with E-state index in [-0.39, 0.29) is 23.3 Å². The molecule has 176 valence electrons. The van der Waals surface area contributed by atoms with Crippen molar-refractivity contribution in [3.05, 3.63) is 42.4 Å². The van der Waals surface area contributed by atoms with Crippen LogP contribution in [0.2, 0.25) is 0 Å². The fourth-order valence-corrected chi connectivity index (χ4v) is 4.38. The average molecular weight is 462 g/mol. The molecule has 0 atom stereocenters. The second-order valence-electron chi connectivity index (χ2n) is 8.78. The van der Waals surface area contributed by atoms with Gasteiger partial charge in [0.05, 0.1) is 30.7 Å². The molecule has 3 aromatic rings. The Bertz CT molecular complexity index is 1230. The molecule has 0 bridgehead atoms. The summed E-state index contributed by atoms with van der Waals surface area (Å²) in [5, 5.41) is 18.4. The molecule has 2 aliphatic carbocycles. The Labute approximate surface area is 196 Å². The molecule has 2 aliphatic rings. The Balaban J connectivity index is 1.46. The first-order valence-corrected chi connectivity index (χ1v) is 11.5. The monoisotopic (exact) mass is 461 g/mol. The first-order valence-electron chi connectivity index (χ1n) is 11.5. The van der Waals surface area contributed by atoms with Crippen LogP contribution in [0.1, 0.15) is 55.1 Å². The van der Waals surface area contributed by atoms with Crippen LogP contribution in [0.15, 0.2) is 36.7 Å². The lowest BCUT2D eigenvalue weighted by Crippen LogP contribution is -2.19. The molecule has 2 aromatic heterocycles. The first-order chi connectivity index (χ1) is 16.5. The number of methoxy groups -OCH3 is 1. The largest absolute Gasteiger partial charge is 0.494 e. The summed E-state index contributed by atoms with van der Waals surface area (Å²) in [7, 11) is 1.59. The van der Waals surface area contributed by atoms with Gasteiger partial charge < -0.3 is 21.1 Å². The van der Waals surface area contributed by atoms with Crippen LogP contribution in [-0.4, -0.2) is 38.9 Å². The van der Waals surface area contributed by atoms with E-state index in [9.17, 15) is 9.59 Å². The third kappa shape index (κ3) is 4.43. The van der Waals surface area contributed by atoms with Crippen molar-refractivity contribution in [2.24, 2.45) is 11.7 Å². The number of para-hydroxylation sites is 1. The molecule has 0 spiro atoms. The molecule has 2 fully saturated rings. The van der Waals surface area contributed by atoms with Gasteiger partial charge in [-0.1, -0.05) is 25.0 Å². The molecule has 2 amide bonds. The summed E-state index contributed by atoms with van der Waals surface area (Å²) in [6.45, 7) is 0. The highest BCUT2D eigenvalue weighted by molar-refractivity contribution is 5.99. The molecule has 5 rings (SSSR count). The Kier molecular flexibility index (Phi) is 5.87. The van der Waals surface area contributed by atoms with Gasteiger partial charge in [0.15, 0.2) is 11.5 Å². The lowest BCUT2D eigenvalue weighted by atomic mass is 10.1. The molecule has 0 radical (unpaired) electrons. The van der Waals surface area contributed by atoms with Crippen molar-refractivity contribution in [2.45, 2.75) is 44.6 Å². The molecule has 0 unspecified atom stereocenters. The highest BCUT2D eigenvalue weighted by atomic mass is 16.5. The van der Waals surface area contributed by atoms with Crippen molar-refractivity contribution in [1.82, 2.24) is 20.0 Å². The second-order valence-corrected chi connectivity index (χ2v) is 8.78. The minimum absolute atomic E-state index is 0.0101. The number of anilines is 3. The number of carbonyl (C=O) groups is 2. The zero-order valence-electron chi connectivity index (χ0n) is 19.0. The zero-order valence-corrected chi connectivity index (χ0v) is 19.0. The summed E-state index contributed by atoms with van der Waals surface area (Å²) < 4.78 is 7.79. The van der Waals surface area contributed by atoms with E-state index in [1.165, 1.54) is 12.8 Å². The van der Waals surface area contributed by atoms with E-state index in [4.69, 9.17) is 10.5 Å². The third-order valence-electron chi connectivity index (χ3n) is 6.33. The van der Waals surface area contributed by atoms with Crippen molar-refractivity contribution in [3.8, 4) is 16.9 Å². The number of carbonyl (C=O) groups excluding carboxylic acids is 2. The Hall–Kier alpha value is -3.95. The van der Waals surface area contributed by atoms with Crippen LogP contribution in [0.3, 0.4) is 0 Å². The number of amides is 2. The van der Waals surface area contributed by atoms with Crippen molar-refractivity contribution in [2.75, 3.05) is 17.7 Å². The van der Waals surface area contributed by atoms with E-state index in [0.29, 0.717) is 23.2 Å². The van der Waals surface area contributed by atoms with Gasteiger partial charge in [-0.05, 0) is 31.7 Å². The van der Waals surface area contributed by atoms with Gasteiger partial charge in [0.1, 0.15) is 5.75 Å². The maximum Gasteiger partial charge on any atom is 0.271 e. The van der Waals surface area contributed by atoms with Crippen LogP contribution < -0.4 is 21.1 Å². The fraction of sp³-hybridized carbons (Fsp3) is 0.375. The number of nitrogens with zero attached hydrogens (tertiary/aromatic N) is 4. The molecule has 2 heterocycles. The molecule has 10 nitrogen and oxygen atoms in total. The van der Waals surface area contributed by atoms with Gasteiger partial charge >= 0.3 is 0 Å². The summed E-state index contributed by atoms with van der Waals surface area (Å²) >= 11 is 0. The van der Waals surface area contributed by atoms with E-state index in [0.717, 1.165) is 36.8 Å². The molecule has 1 aromatic carbocycles. The molecule has 10 heteroatoms. The Morgan fingerprint density at radius 3 is 2.62 bits per heavy atom. The summed E-state index contributed by atoms with van der Waals surface area (Å²) in [6.07, 6.45) is 10.4. The molecular formula is C24H27N7O3. The van der Waals surface area contributed by atoms with Crippen molar-refractivity contribution < 1.29 is 14.3 Å². The number of nitrogens with one attached hydrogen (secondary N) is 2. The molecule has 0 aliphatic heterocycles. The van der Waals surface area contributed by atoms with E-state index in [1.54, 1.807) is 13.2 Å². The maximum atomic E-state index is 12.1. The normalized spacial score (nSPS) is 15.8. The van der Waals surface area contributed by atoms with Crippen LogP contribution in [0.25, 0.3) is 11.1 Å². The van der Waals surface area contributed by atoms with E-state index < -0.39 is 5.91 Å². The maximum absolute atomic E-state index is 12.1. The smallest absolute Gasteiger partial charge is 0.271 e. The molecule has 4 N–H and O–H groups in total. The van der Waals surface area contributed by atoms with E-state index in [2.05, 4.69) is 25.9 Å². The number of hydrogen-bond donors (Lipinski definition) is 3. The highest BCUT2D eigenvalue weighted by Crippen LogP contribution is 2.39. The van der Waals surface area contributed by atoms with Gasteiger partial charge in [-0.3, -0.25) is 14.3 Å². The minimum atomic E-state index is -0.733. The minimum Gasteiger partial charge on any atom is -0.494 e. The van der Waals surface area contributed by atoms with Crippen LogP contribution in [0.4, 0.5) is 17.2 Å². The fourth-order valence-electron chi connectivity index (χ4n) is 4.38. The van der Waals surface area contributed by atoms with Crippen LogP contribution in [0.5, 0.6) is 5.75 Å². The van der Waals surface area contributed by atoms with Crippen LogP contribution >= 0.6 is 0 Å². The predicted octanol–water partition coefficient (Wildman–Crippen LogP) is 3.65. The first kappa shape index (κ1) is 21.9. The molecule has 0 saturated heterocycles. The number of hydrogen-bond acceptors (Lipinski definition) is 7. The van der Waals surface area contributed by atoms with E-state index >= 15 is 0 Å². The number of aromatic nitrogens is 4. The topological polar surface area (TPSA) is 137 Å². The molecule has 2 saturated carbocycles. The average Bonchev–Trinajstić information content (AvgIpc) is 3.32. The summed E-state index contributed by atoms with van der Waals surface area (Å²) in [5.41, 5.74) is 8.22. The van der Waals surface area contributed by atoms with Crippen LogP contribution in [-0.2, 0) is 4.79 Å². The lowest BCUT2D eigenvalue weighted by Gasteiger charge is -2.16. The van der Waals surface area contributed by atoms with Gasteiger partial charge in [-0.25, -0.2) is 0 Å². The van der Waals surface area contributed by atoms with Crippen LogP contribution in [0, 0.1) is 5.92 Å². The van der Waals surface area contributed by atoms with Crippen molar-refractivity contribution >= 4 is 29.0 Å². The van der Waals surface area contributed by atoms with Gasteiger partial charge in [0, 0.05) is 29.3 Å². The lowest BCUT2D eigenvalue weighted by molar-refractivity contribution is -0.117. The van der Waals surface area contributed by atoms with Gasteiger partial charge in [-0.2, -0.15) is 5.10 Å². The standard InChI is InChI=1S/C24H27N7O3/c1-34-22-17(15-12-26-31(13-15)16-5-2-3-6-16)7-4-8-18(22)27-19-11-20(28-24(33)14-9-10-14)29-30-21(19)23(25)32/h4,7-8,11-14,16H,2-3,5-6,9-10H2,1H3,(H2,25,32)(H2,27,28,29,33). The number of benzene rings is 1. The Morgan fingerprint density at radius 1 is 1.12 bits per heavy atom. The van der Waals surface area contributed by atoms with Crippen molar-refractivity contribution in [1.29, 1.82) is 0 Å². The number of nitrogens with two attached hydrogens (primary N) is 1. The third-order valence-corrected chi connectivity index (χ3v) is 6.33. The highest BCUT2D eigenvalue weighted by Gasteiger charge is 2.30. The van der Waals surface area contributed by atoms with Gasteiger partial charge in [0.2, 0.25) is 5.91 Å². The number of rotatable bonds is 8. The number of ether oxygens (including phenoxy) is 1. The van der Waals surface area contributed by atoms with E-state index in [1.807, 2.05) is 35.3 Å². The predicted molar refractivity (Wildman–Crippen MR) is 127 cm³/mol. The number of primary amides is 1. The zero-order chi connectivity index (χ0) is 23.7. The van der Waals surface area contributed by atoms with Crippen molar-refractivity contribution in [3.63, 3.8) is 0 Å². The quantitative estimate of drug-likeness (QED) is 0.465. The van der Waals surface area contributed by atoms with Gasteiger partial charge in [-0.15, -0.1) is 10.2 Å². The Morgan fingerprint density at radius 2 is 1.91 bits per heavy atom. The van der Waals surface area contributed by atoms with Gasteiger partial charge in [0.25, 0.3) is 5.91 Å². The summed E-state index contributed by atoms with van der Waals surface area (Å²) in [5.74, 6) is 0.00606. The molecule has 34 heavy (non-hydrogen) atoms.